The van der Waals surface area contributed by atoms with E-state index in [-0.39, 0.29) is 16.2 Å². The van der Waals surface area contributed by atoms with E-state index in [0.29, 0.717) is 0 Å². The fourth-order valence-corrected chi connectivity index (χ4v) is 12.7. The van der Waals surface area contributed by atoms with Crippen molar-refractivity contribution in [3.63, 3.8) is 0 Å². The molecule has 2 saturated heterocycles. The van der Waals surface area contributed by atoms with Crippen molar-refractivity contribution in [3.05, 3.63) is 220 Å². The van der Waals surface area contributed by atoms with E-state index in [0.717, 1.165) is 50.6 Å². The maximum Gasteiger partial charge on any atom is 0.0726 e. The summed E-state index contributed by atoms with van der Waals surface area (Å²) in [5.74, 6) is 0. The Morgan fingerprint density at radius 3 is 1.58 bits per heavy atom. The Morgan fingerprint density at radius 1 is 0.400 bits per heavy atom. The van der Waals surface area contributed by atoms with Gasteiger partial charge in [-0.05, 0) is 115 Å². The van der Waals surface area contributed by atoms with Crippen LogP contribution in [-0.2, 0) is 31.1 Å². The van der Waals surface area contributed by atoms with Gasteiger partial charge in [-0.25, -0.2) is 0 Å². The molecule has 0 amide bonds. The van der Waals surface area contributed by atoms with E-state index in [2.05, 4.69) is 209 Å². The maximum atomic E-state index is 6.12. The Hall–Kier alpha value is -6.52. The number of ether oxygens (including phenoxy) is 2. The summed E-state index contributed by atoms with van der Waals surface area (Å²) in [4.78, 5) is 2.58. The second kappa shape index (κ2) is 14.0. The molecular formula is C62H53NO2. The van der Waals surface area contributed by atoms with E-state index in [1.165, 1.54) is 94.7 Å². The van der Waals surface area contributed by atoms with Crippen LogP contribution >= 0.6 is 0 Å². The quantitative estimate of drug-likeness (QED) is 0.166. The highest BCUT2D eigenvalue weighted by Crippen LogP contribution is 2.66. The van der Waals surface area contributed by atoms with Crippen LogP contribution in [0.2, 0.25) is 0 Å². The summed E-state index contributed by atoms with van der Waals surface area (Å²) in [6.07, 6.45) is 2.04. The van der Waals surface area contributed by atoms with Crippen LogP contribution in [-0.4, -0.2) is 26.4 Å². The first kappa shape index (κ1) is 38.9. The topological polar surface area (TPSA) is 21.7 Å². The number of rotatable bonds is 6. The van der Waals surface area contributed by atoms with Crippen LogP contribution < -0.4 is 4.90 Å². The third-order valence-electron chi connectivity index (χ3n) is 16.3. The molecule has 8 aromatic rings. The molecule has 0 saturated carbocycles. The van der Waals surface area contributed by atoms with Crippen molar-refractivity contribution in [2.75, 3.05) is 31.3 Å². The van der Waals surface area contributed by atoms with Gasteiger partial charge in [-0.1, -0.05) is 179 Å². The minimum Gasteiger partial charge on any atom is -0.381 e. The molecule has 65 heavy (non-hydrogen) atoms. The molecule has 318 valence electrons. The van der Waals surface area contributed by atoms with Crippen molar-refractivity contribution in [1.82, 2.24) is 0 Å². The zero-order chi connectivity index (χ0) is 43.7. The van der Waals surface area contributed by atoms with E-state index < -0.39 is 5.41 Å². The van der Waals surface area contributed by atoms with Gasteiger partial charge in [0.2, 0.25) is 0 Å². The minimum absolute atomic E-state index is 0.0490. The molecule has 0 radical (unpaired) electrons. The van der Waals surface area contributed by atoms with E-state index >= 15 is 0 Å². The Labute approximate surface area is 383 Å². The van der Waals surface area contributed by atoms with Crippen molar-refractivity contribution >= 4 is 17.1 Å². The largest absolute Gasteiger partial charge is 0.381 e. The number of fused-ring (bicyclic) bond motifs is 13. The van der Waals surface area contributed by atoms with Gasteiger partial charge in [0, 0.05) is 46.3 Å². The van der Waals surface area contributed by atoms with Crippen molar-refractivity contribution in [3.8, 4) is 44.5 Å². The van der Waals surface area contributed by atoms with Gasteiger partial charge >= 0.3 is 0 Å². The first-order valence-electron chi connectivity index (χ1n) is 23.6. The zero-order valence-corrected chi connectivity index (χ0v) is 37.7. The van der Waals surface area contributed by atoms with E-state index in [4.69, 9.17) is 9.47 Å². The molecular weight excluding hydrogens is 791 g/mol. The number of para-hydroxylation sites is 1. The molecule has 2 aliphatic heterocycles. The summed E-state index contributed by atoms with van der Waals surface area (Å²) in [5, 5.41) is 0. The summed E-state index contributed by atoms with van der Waals surface area (Å²) in [6.45, 7) is 12.6. The lowest BCUT2D eigenvalue weighted by atomic mass is 9.68. The molecule has 13 rings (SSSR count). The van der Waals surface area contributed by atoms with Gasteiger partial charge in [-0.2, -0.15) is 0 Å². The molecule has 2 fully saturated rings. The van der Waals surface area contributed by atoms with Crippen LogP contribution in [0.15, 0.2) is 176 Å². The zero-order valence-electron chi connectivity index (χ0n) is 37.7. The lowest BCUT2D eigenvalue weighted by Gasteiger charge is -2.34. The van der Waals surface area contributed by atoms with Crippen LogP contribution in [0.25, 0.3) is 44.5 Å². The van der Waals surface area contributed by atoms with Gasteiger partial charge in [0.15, 0.2) is 0 Å². The van der Waals surface area contributed by atoms with Crippen LogP contribution in [0, 0.1) is 0 Å². The Bertz CT molecular complexity index is 3170. The van der Waals surface area contributed by atoms with Crippen molar-refractivity contribution in [2.24, 2.45) is 0 Å². The predicted octanol–water partition coefficient (Wildman–Crippen LogP) is 14.8. The molecule has 3 aliphatic carbocycles. The lowest BCUT2D eigenvalue weighted by Crippen LogP contribution is -2.29. The lowest BCUT2D eigenvalue weighted by molar-refractivity contribution is 0.181. The molecule has 3 heteroatoms. The standard InChI is InChI=1S/C62H53NO2/c1-59(2)50-20-11-8-18-45(50)46-30-27-43(37-53(46)59)63(56-23-13-10-17-44(56)40-15-6-5-7-16-40)57-24-14-22-52-58(57)49-19-9-12-21-51(49)62(52)54-35-41(60(3)31-33-64-38-60)25-28-47(54)48-29-26-42(36-55(48)62)61(4)32-34-65-39-61/h5-30,35-37H,31-34,38-39H2,1-4H3. The van der Waals surface area contributed by atoms with Crippen molar-refractivity contribution in [1.29, 1.82) is 0 Å². The fraction of sp³-hybridized carbons (Fsp3) is 0.226. The minimum atomic E-state index is -0.545. The highest BCUT2D eigenvalue weighted by Gasteiger charge is 2.54. The monoisotopic (exact) mass is 843 g/mol. The van der Waals surface area contributed by atoms with Crippen molar-refractivity contribution < 1.29 is 9.47 Å². The van der Waals surface area contributed by atoms with E-state index in [1.54, 1.807) is 0 Å². The predicted molar refractivity (Wildman–Crippen MR) is 266 cm³/mol. The Balaban J connectivity index is 1.11. The number of hydrogen-bond donors (Lipinski definition) is 0. The first-order valence-corrected chi connectivity index (χ1v) is 23.6. The highest BCUT2D eigenvalue weighted by atomic mass is 16.5. The normalized spacial score (nSPS) is 22.6. The molecule has 8 aromatic carbocycles. The average Bonchev–Trinajstić information content (AvgIpc) is 4.17. The van der Waals surface area contributed by atoms with Crippen LogP contribution in [0.4, 0.5) is 17.1 Å². The second-order valence-electron chi connectivity index (χ2n) is 20.4. The SMILES string of the molecule is CC1(c2ccc3c(c2)C2(c4cc(C5(C)CCOC5)ccc4-3)c3ccccc3-c3c(N(c4ccc5c(c4)C(C)(C)c4ccccc4-5)c4ccccc4-c4ccccc4)cccc32)CCOC1. The molecule has 2 atom stereocenters. The van der Waals surface area contributed by atoms with Gasteiger partial charge in [-0.3, -0.25) is 0 Å². The molecule has 0 aromatic heterocycles. The summed E-state index contributed by atoms with van der Waals surface area (Å²) >= 11 is 0. The summed E-state index contributed by atoms with van der Waals surface area (Å²) in [7, 11) is 0. The van der Waals surface area contributed by atoms with Crippen LogP contribution in [0.5, 0.6) is 0 Å². The maximum absolute atomic E-state index is 6.12. The number of benzene rings is 8. The van der Waals surface area contributed by atoms with Gasteiger partial charge in [-0.15, -0.1) is 0 Å². The third-order valence-corrected chi connectivity index (χ3v) is 16.3. The van der Waals surface area contributed by atoms with Gasteiger partial charge in [0.1, 0.15) is 0 Å². The summed E-state index contributed by atoms with van der Waals surface area (Å²) in [5.41, 5.74) is 23.8. The van der Waals surface area contributed by atoms with E-state index in [9.17, 15) is 0 Å². The molecule has 5 aliphatic rings. The average molecular weight is 844 g/mol. The Kier molecular flexibility index (Phi) is 8.37. The van der Waals surface area contributed by atoms with Crippen LogP contribution in [0.3, 0.4) is 0 Å². The van der Waals surface area contributed by atoms with Gasteiger partial charge in [0.05, 0.1) is 30.0 Å². The second-order valence-corrected chi connectivity index (χ2v) is 20.4. The van der Waals surface area contributed by atoms with Gasteiger partial charge < -0.3 is 14.4 Å². The molecule has 2 unspecified atom stereocenters. The number of nitrogens with zero attached hydrogens (tertiary/aromatic N) is 1. The first-order chi connectivity index (χ1) is 31.7. The fourth-order valence-electron chi connectivity index (χ4n) is 12.7. The third kappa shape index (κ3) is 5.37. The highest BCUT2D eigenvalue weighted by molar-refractivity contribution is 6.03. The number of hydrogen-bond acceptors (Lipinski definition) is 3. The van der Waals surface area contributed by atoms with Gasteiger partial charge in [0.25, 0.3) is 0 Å². The summed E-state index contributed by atoms with van der Waals surface area (Å²) in [6, 6.07) is 67.3. The molecule has 1 spiro atoms. The van der Waals surface area contributed by atoms with Crippen molar-refractivity contribution in [2.45, 2.75) is 62.2 Å². The molecule has 0 bridgehead atoms. The smallest absolute Gasteiger partial charge is 0.0726 e. The van der Waals surface area contributed by atoms with E-state index in [1.807, 2.05) is 0 Å². The van der Waals surface area contributed by atoms with Crippen LogP contribution in [0.1, 0.15) is 85.0 Å². The molecule has 2 heterocycles. The Morgan fingerprint density at radius 2 is 0.923 bits per heavy atom. The molecule has 0 N–H and O–H groups in total. The number of anilines is 3. The molecule has 3 nitrogen and oxygen atoms in total. The summed E-state index contributed by atoms with van der Waals surface area (Å²) < 4.78 is 12.2.